The van der Waals surface area contributed by atoms with E-state index in [-0.39, 0.29) is 0 Å². The van der Waals surface area contributed by atoms with Crippen LogP contribution in [0.15, 0.2) is 18.2 Å². The molecule has 0 amide bonds. The molecule has 86 valence electrons. The third-order valence-electron chi connectivity index (χ3n) is 4.17. The first-order chi connectivity index (χ1) is 7.77. The predicted octanol–water partition coefficient (Wildman–Crippen LogP) is 1.04. The molecule has 1 aliphatic heterocycles. The van der Waals surface area contributed by atoms with Gasteiger partial charge in [-0.05, 0) is 42.9 Å². The Morgan fingerprint density at radius 1 is 1.31 bits per heavy atom. The molecule has 1 fully saturated rings. The molecule has 2 aliphatic rings. The van der Waals surface area contributed by atoms with E-state index in [9.17, 15) is 5.11 Å². The number of hydrogen-bond donors (Lipinski definition) is 2. The second-order valence-electron chi connectivity index (χ2n) is 5.01. The summed E-state index contributed by atoms with van der Waals surface area (Å²) in [5.74, 6) is 5.22. The number of phenolic OH excluding ortho intramolecular Hbond substituents is 1. The van der Waals surface area contributed by atoms with Crippen molar-refractivity contribution < 1.29 is 10.9 Å². The molecule has 0 bridgehead atoms. The smallest absolute Gasteiger partial charge is 0.119 e. The first-order valence-corrected chi connectivity index (χ1v) is 6.15. The van der Waals surface area contributed by atoms with Crippen LogP contribution >= 0.6 is 0 Å². The van der Waals surface area contributed by atoms with Crippen molar-refractivity contribution in [2.24, 2.45) is 0 Å². The van der Waals surface area contributed by atoms with E-state index in [4.69, 9.17) is 0 Å². The summed E-state index contributed by atoms with van der Waals surface area (Å²) in [6, 6.07) is 6.55. The maximum atomic E-state index is 9.88. The molecule has 4 N–H and O–H groups in total. The van der Waals surface area contributed by atoms with E-state index in [1.807, 2.05) is 12.1 Å². The molecule has 3 nitrogen and oxygen atoms in total. The molecule has 0 radical (unpaired) electrons. The second-order valence-corrected chi connectivity index (χ2v) is 5.01. The monoisotopic (exact) mass is 219 g/mol. The zero-order valence-electron chi connectivity index (χ0n) is 9.52. The number of phenols is 1. The largest absolute Gasteiger partial charge is 0.508 e. The fourth-order valence-corrected chi connectivity index (χ4v) is 3.38. The van der Waals surface area contributed by atoms with Gasteiger partial charge in [0.15, 0.2) is 0 Å². The van der Waals surface area contributed by atoms with E-state index in [1.54, 1.807) is 0 Å². The van der Waals surface area contributed by atoms with E-state index in [1.165, 1.54) is 24.0 Å². The highest BCUT2D eigenvalue weighted by Crippen LogP contribution is 2.41. The van der Waals surface area contributed by atoms with Gasteiger partial charge in [0.2, 0.25) is 0 Å². The molecule has 16 heavy (non-hydrogen) atoms. The summed E-state index contributed by atoms with van der Waals surface area (Å²) in [6.07, 6.45) is 4.60. The van der Waals surface area contributed by atoms with Gasteiger partial charge in [0, 0.05) is 12.5 Å². The summed E-state index contributed by atoms with van der Waals surface area (Å²) in [5.41, 5.74) is 2.55. The highest BCUT2D eigenvalue weighted by molar-refractivity contribution is 5.43. The van der Waals surface area contributed by atoms with Crippen molar-refractivity contribution in [2.45, 2.75) is 37.6 Å². The van der Waals surface area contributed by atoms with Gasteiger partial charge in [0.1, 0.15) is 5.75 Å². The molecule has 0 spiro atoms. The van der Waals surface area contributed by atoms with Gasteiger partial charge in [-0.25, -0.2) is 0 Å². The average Bonchev–Trinajstić information content (AvgIpc) is 2.30. The number of hydrogen-bond acceptors (Lipinski definition) is 2. The summed E-state index contributed by atoms with van der Waals surface area (Å²) in [5, 5.41) is 12.1. The van der Waals surface area contributed by atoms with Crippen LogP contribution in [0.5, 0.6) is 5.75 Å². The Labute approximate surface area is 95.8 Å². The van der Waals surface area contributed by atoms with Crippen molar-refractivity contribution in [3.05, 3.63) is 29.3 Å². The minimum absolute atomic E-state index is 0.483. The number of nitrogens with zero attached hydrogens (tertiary/aromatic N) is 1. The molecule has 0 aromatic heterocycles. The molecule has 1 aromatic carbocycles. The zero-order chi connectivity index (χ0) is 11.1. The molecule has 1 saturated heterocycles. The summed E-state index contributed by atoms with van der Waals surface area (Å²) in [4.78, 5) is 0. The average molecular weight is 219 g/mol. The number of fused-ring (bicyclic) bond motifs is 3. The number of piperidine rings is 1. The molecule has 1 aliphatic carbocycles. The third-order valence-corrected chi connectivity index (χ3v) is 4.17. The van der Waals surface area contributed by atoms with Crippen molar-refractivity contribution in [2.75, 3.05) is 6.54 Å². The number of benzene rings is 1. The van der Waals surface area contributed by atoms with Crippen LogP contribution < -0.4 is 5.84 Å². The van der Waals surface area contributed by atoms with Crippen LogP contribution in [0.1, 0.15) is 36.3 Å². The highest BCUT2D eigenvalue weighted by Gasteiger charge is 2.37. The van der Waals surface area contributed by atoms with Gasteiger partial charge in [-0.3, -0.25) is 5.84 Å². The van der Waals surface area contributed by atoms with Gasteiger partial charge in [-0.2, -0.15) is 5.01 Å². The van der Waals surface area contributed by atoms with E-state index in [0.717, 1.165) is 19.4 Å². The van der Waals surface area contributed by atoms with Gasteiger partial charge < -0.3 is 5.11 Å². The fourth-order valence-electron chi connectivity index (χ4n) is 3.38. The van der Waals surface area contributed by atoms with Crippen molar-refractivity contribution in [1.82, 2.24) is 5.01 Å². The lowest BCUT2D eigenvalue weighted by Gasteiger charge is -2.40. The number of aromatic hydroxyl groups is 1. The lowest BCUT2D eigenvalue weighted by Crippen LogP contribution is -2.73. The molecule has 0 unspecified atom stereocenters. The topological polar surface area (TPSA) is 51.1 Å². The second kappa shape index (κ2) is 3.75. The summed E-state index contributed by atoms with van der Waals surface area (Å²) in [6.45, 7) is 1.12. The Balaban J connectivity index is 2.02. The SMILES string of the molecule is [NH3+]N1CCC[C@H]2c3cccc(O)c3CC[C@H]21. The lowest BCUT2D eigenvalue weighted by molar-refractivity contribution is -0.591. The lowest BCUT2D eigenvalue weighted by atomic mass is 9.74. The minimum Gasteiger partial charge on any atom is -0.508 e. The van der Waals surface area contributed by atoms with Gasteiger partial charge in [-0.15, -0.1) is 0 Å². The standard InChI is InChI=1S/C13H18N2O/c14-15-8-2-4-10-9-3-1-5-13(16)11(9)6-7-12(10)15/h1,3,5,10,12,16H,2,4,6-8,14H2/p+1/t10-,12+/m0/s1. The van der Waals surface area contributed by atoms with Crippen LogP contribution in [0.25, 0.3) is 0 Å². The van der Waals surface area contributed by atoms with Crippen LogP contribution in [0.4, 0.5) is 0 Å². The maximum absolute atomic E-state index is 9.88. The van der Waals surface area contributed by atoms with Crippen molar-refractivity contribution >= 4 is 0 Å². The Kier molecular flexibility index (Phi) is 2.37. The van der Waals surface area contributed by atoms with Gasteiger partial charge in [0.25, 0.3) is 0 Å². The third kappa shape index (κ3) is 1.43. The summed E-state index contributed by atoms with van der Waals surface area (Å²) >= 11 is 0. The number of quaternary nitrogens is 1. The van der Waals surface area contributed by atoms with Crippen LogP contribution in [0, 0.1) is 0 Å². The fraction of sp³-hybridized carbons (Fsp3) is 0.538. The molecule has 0 saturated carbocycles. The Morgan fingerprint density at radius 2 is 2.19 bits per heavy atom. The van der Waals surface area contributed by atoms with Crippen molar-refractivity contribution in [3.8, 4) is 5.75 Å². The molecular formula is C13H19N2O+. The van der Waals surface area contributed by atoms with Gasteiger partial charge >= 0.3 is 0 Å². The highest BCUT2D eigenvalue weighted by atomic mass is 16.3. The van der Waals surface area contributed by atoms with Crippen LogP contribution in [0.2, 0.25) is 0 Å². The molecule has 3 heteroatoms. The van der Waals surface area contributed by atoms with Crippen LogP contribution in [-0.4, -0.2) is 22.7 Å². The molecule has 3 rings (SSSR count). The normalized spacial score (nSPS) is 29.6. The minimum atomic E-state index is 0.483. The predicted molar refractivity (Wildman–Crippen MR) is 61.8 cm³/mol. The summed E-state index contributed by atoms with van der Waals surface area (Å²) in [7, 11) is 0. The Hall–Kier alpha value is -1.06. The van der Waals surface area contributed by atoms with E-state index >= 15 is 0 Å². The molecular weight excluding hydrogens is 200 g/mol. The van der Waals surface area contributed by atoms with E-state index in [0.29, 0.717) is 17.7 Å². The van der Waals surface area contributed by atoms with Gasteiger partial charge in [0.05, 0.1) is 6.04 Å². The Morgan fingerprint density at radius 3 is 3.06 bits per heavy atom. The van der Waals surface area contributed by atoms with E-state index in [2.05, 4.69) is 16.9 Å². The molecule has 1 heterocycles. The van der Waals surface area contributed by atoms with E-state index < -0.39 is 0 Å². The summed E-state index contributed by atoms with van der Waals surface area (Å²) < 4.78 is 0. The zero-order valence-corrected chi connectivity index (χ0v) is 9.52. The Bertz CT molecular complexity index is 405. The molecule has 1 aromatic rings. The number of rotatable bonds is 0. The van der Waals surface area contributed by atoms with Crippen molar-refractivity contribution in [1.29, 1.82) is 0 Å². The van der Waals surface area contributed by atoms with Crippen LogP contribution in [0.3, 0.4) is 0 Å². The first kappa shape index (κ1) is 10.1. The van der Waals surface area contributed by atoms with Crippen LogP contribution in [-0.2, 0) is 6.42 Å². The quantitative estimate of drug-likeness (QED) is 0.685. The first-order valence-electron chi connectivity index (χ1n) is 6.15. The van der Waals surface area contributed by atoms with Gasteiger partial charge in [-0.1, -0.05) is 12.1 Å². The van der Waals surface area contributed by atoms with Crippen molar-refractivity contribution in [3.63, 3.8) is 0 Å². The maximum Gasteiger partial charge on any atom is 0.119 e. The molecule has 2 atom stereocenters.